The summed E-state index contributed by atoms with van der Waals surface area (Å²) in [5.41, 5.74) is -1.71. The average molecular weight is 451 g/mol. The van der Waals surface area contributed by atoms with Gasteiger partial charge in [-0.3, -0.25) is 19.3 Å². The second-order valence-electron chi connectivity index (χ2n) is 10.0. The zero-order valence-corrected chi connectivity index (χ0v) is 19.6. The van der Waals surface area contributed by atoms with E-state index < -0.39 is 46.9 Å². The van der Waals surface area contributed by atoms with Gasteiger partial charge in [0.1, 0.15) is 18.2 Å². The third-order valence-electron chi connectivity index (χ3n) is 6.67. The third kappa shape index (κ3) is 4.36. The van der Waals surface area contributed by atoms with E-state index in [9.17, 15) is 14.4 Å². The second-order valence-corrected chi connectivity index (χ2v) is 10.0. The first-order valence-corrected chi connectivity index (χ1v) is 11.1. The molecule has 1 aliphatic heterocycles. The monoisotopic (exact) mass is 450 g/mol. The molecular weight excluding hydrogens is 418 g/mol. The Kier molecular flexibility index (Phi) is 6.37. The van der Waals surface area contributed by atoms with Crippen molar-refractivity contribution in [1.82, 2.24) is 5.32 Å². The van der Waals surface area contributed by atoms with Crippen molar-refractivity contribution in [2.24, 2.45) is 5.41 Å². The number of nitrogens with one attached hydrogen (secondary N) is 1. The minimum Gasteiger partial charge on any atom is -0.466 e. The van der Waals surface area contributed by atoms with Crippen molar-refractivity contribution in [3.8, 4) is 0 Å². The number of hydrogen-bond donors (Lipinski definition) is 1. The normalized spacial score (nSPS) is 18.4. The lowest BCUT2D eigenvalue weighted by Crippen LogP contribution is -2.49. The molecule has 0 saturated heterocycles. The number of carbonyl (C=O) groups is 3. The van der Waals surface area contributed by atoms with Gasteiger partial charge in [-0.1, -0.05) is 13.8 Å². The molecule has 1 aromatic rings. The SMILES string of the molecule is CCOC(=O)CC(C)(C)[C@H](C)NC(=O)CN1C(=O)C(C)(C)c2c(F)c(C3CC3)cc(F)c21. The Bertz CT molecular complexity index is 954. The maximum absolute atomic E-state index is 15.3. The van der Waals surface area contributed by atoms with Crippen molar-refractivity contribution in [2.45, 2.75) is 78.2 Å². The Morgan fingerprint density at radius 3 is 2.50 bits per heavy atom. The summed E-state index contributed by atoms with van der Waals surface area (Å²) in [5, 5.41) is 2.79. The van der Waals surface area contributed by atoms with Crippen LogP contribution < -0.4 is 10.2 Å². The molecule has 1 aliphatic carbocycles. The van der Waals surface area contributed by atoms with Gasteiger partial charge in [-0.2, -0.15) is 0 Å². The largest absolute Gasteiger partial charge is 0.466 e. The summed E-state index contributed by atoms with van der Waals surface area (Å²) in [6.45, 7) is 10.1. The van der Waals surface area contributed by atoms with Gasteiger partial charge in [0.2, 0.25) is 11.8 Å². The van der Waals surface area contributed by atoms with Crippen molar-refractivity contribution in [2.75, 3.05) is 18.1 Å². The highest BCUT2D eigenvalue weighted by Gasteiger charge is 2.49. The van der Waals surface area contributed by atoms with Gasteiger partial charge in [0.05, 0.1) is 24.1 Å². The van der Waals surface area contributed by atoms with Crippen LogP contribution in [0.15, 0.2) is 6.07 Å². The van der Waals surface area contributed by atoms with Gasteiger partial charge in [-0.25, -0.2) is 8.78 Å². The number of esters is 1. The first kappa shape index (κ1) is 24.1. The first-order chi connectivity index (χ1) is 14.8. The van der Waals surface area contributed by atoms with E-state index in [2.05, 4.69) is 5.32 Å². The zero-order chi connectivity index (χ0) is 24.0. The Labute approximate surface area is 187 Å². The molecule has 1 N–H and O–H groups in total. The zero-order valence-electron chi connectivity index (χ0n) is 19.6. The topological polar surface area (TPSA) is 75.7 Å². The molecule has 1 saturated carbocycles. The third-order valence-corrected chi connectivity index (χ3v) is 6.67. The molecule has 2 amide bonds. The lowest BCUT2D eigenvalue weighted by atomic mass is 9.82. The molecule has 0 bridgehead atoms. The van der Waals surface area contributed by atoms with Gasteiger partial charge in [0, 0.05) is 11.6 Å². The van der Waals surface area contributed by atoms with Crippen LogP contribution in [0.2, 0.25) is 0 Å². The molecule has 0 radical (unpaired) electrons. The summed E-state index contributed by atoms with van der Waals surface area (Å²) in [5.74, 6) is -2.65. The van der Waals surface area contributed by atoms with E-state index in [-0.39, 0.29) is 36.2 Å². The predicted octanol–water partition coefficient (Wildman–Crippen LogP) is 3.95. The number of hydrogen-bond acceptors (Lipinski definition) is 4. The van der Waals surface area contributed by atoms with Crippen molar-refractivity contribution >= 4 is 23.5 Å². The number of rotatable bonds is 8. The summed E-state index contributed by atoms with van der Waals surface area (Å²) < 4.78 is 35.3. The second kappa shape index (κ2) is 8.45. The number of halogens is 2. The molecule has 1 atom stereocenters. The molecule has 0 spiro atoms. The molecule has 1 aromatic carbocycles. The Morgan fingerprint density at radius 1 is 1.31 bits per heavy atom. The van der Waals surface area contributed by atoms with Crippen molar-refractivity contribution in [3.63, 3.8) is 0 Å². The van der Waals surface area contributed by atoms with Gasteiger partial charge in [0.25, 0.3) is 0 Å². The van der Waals surface area contributed by atoms with Crippen LogP contribution in [0, 0.1) is 17.0 Å². The fraction of sp³-hybridized carbons (Fsp3) is 0.625. The van der Waals surface area contributed by atoms with E-state index in [4.69, 9.17) is 4.74 Å². The quantitative estimate of drug-likeness (QED) is 0.609. The highest BCUT2D eigenvalue weighted by atomic mass is 19.1. The number of carbonyl (C=O) groups excluding carboxylic acids is 3. The summed E-state index contributed by atoms with van der Waals surface area (Å²) in [6, 6.07) is 0.736. The standard InChI is InChI=1S/C24H32F2N2O4/c1-7-32-18(30)11-23(3,4)13(2)27-17(29)12-28-21-16(25)10-15(14-8-9-14)20(26)19(21)24(5,6)22(28)31/h10,13-14H,7-9,11-12H2,1-6H3,(H,27,29)/t13-/m0/s1. The molecule has 8 heteroatoms. The molecule has 3 rings (SSSR count). The van der Waals surface area contributed by atoms with Crippen LogP contribution in [0.5, 0.6) is 0 Å². The fourth-order valence-corrected chi connectivity index (χ4v) is 4.22. The molecule has 176 valence electrons. The number of anilines is 1. The number of ether oxygens (including phenoxy) is 1. The minimum atomic E-state index is -1.28. The van der Waals surface area contributed by atoms with Gasteiger partial charge in [-0.05, 0) is 63.5 Å². The summed E-state index contributed by atoms with van der Waals surface area (Å²) in [6.07, 6.45) is 1.70. The van der Waals surface area contributed by atoms with E-state index in [1.165, 1.54) is 0 Å². The van der Waals surface area contributed by atoms with Gasteiger partial charge >= 0.3 is 5.97 Å². The molecule has 0 aromatic heterocycles. The van der Waals surface area contributed by atoms with Crippen molar-refractivity contribution < 1.29 is 27.9 Å². The van der Waals surface area contributed by atoms with Crippen LogP contribution in [-0.2, 0) is 24.5 Å². The number of fused-ring (bicyclic) bond motifs is 1. The Morgan fingerprint density at radius 2 is 1.94 bits per heavy atom. The first-order valence-electron chi connectivity index (χ1n) is 11.1. The average Bonchev–Trinajstić information content (AvgIpc) is 3.48. The van der Waals surface area contributed by atoms with E-state index in [0.29, 0.717) is 5.56 Å². The number of amides is 2. The van der Waals surface area contributed by atoms with E-state index in [1.807, 2.05) is 13.8 Å². The van der Waals surface area contributed by atoms with Crippen LogP contribution >= 0.6 is 0 Å². The Balaban J connectivity index is 1.80. The Hall–Kier alpha value is -2.51. The fourth-order valence-electron chi connectivity index (χ4n) is 4.22. The van der Waals surface area contributed by atoms with Crippen LogP contribution in [-0.4, -0.2) is 37.0 Å². The van der Waals surface area contributed by atoms with Crippen LogP contribution in [0.4, 0.5) is 14.5 Å². The highest BCUT2D eigenvalue weighted by molar-refractivity contribution is 6.10. The van der Waals surface area contributed by atoms with Gasteiger partial charge < -0.3 is 10.1 Å². The number of nitrogens with zero attached hydrogens (tertiary/aromatic N) is 1. The molecular formula is C24H32F2N2O4. The van der Waals surface area contributed by atoms with Gasteiger partial charge in [0.15, 0.2) is 0 Å². The predicted molar refractivity (Wildman–Crippen MR) is 116 cm³/mol. The maximum atomic E-state index is 15.3. The molecule has 0 unspecified atom stereocenters. The van der Waals surface area contributed by atoms with E-state index in [1.54, 1.807) is 27.7 Å². The summed E-state index contributed by atoms with van der Waals surface area (Å²) in [7, 11) is 0. The van der Waals surface area contributed by atoms with Crippen LogP contribution in [0.3, 0.4) is 0 Å². The molecule has 32 heavy (non-hydrogen) atoms. The maximum Gasteiger partial charge on any atom is 0.306 e. The molecule has 2 aliphatic rings. The van der Waals surface area contributed by atoms with Crippen LogP contribution in [0.25, 0.3) is 0 Å². The number of benzene rings is 1. The van der Waals surface area contributed by atoms with Gasteiger partial charge in [-0.15, -0.1) is 0 Å². The molecule has 1 heterocycles. The van der Waals surface area contributed by atoms with Crippen molar-refractivity contribution in [3.05, 3.63) is 28.8 Å². The highest BCUT2D eigenvalue weighted by Crippen LogP contribution is 2.50. The van der Waals surface area contributed by atoms with Crippen molar-refractivity contribution in [1.29, 1.82) is 0 Å². The smallest absolute Gasteiger partial charge is 0.306 e. The lowest BCUT2D eigenvalue weighted by molar-refractivity contribution is -0.146. The summed E-state index contributed by atoms with van der Waals surface area (Å²) in [4.78, 5) is 38.7. The van der Waals surface area contributed by atoms with Crippen LogP contribution in [0.1, 0.15) is 77.8 Å². The minimum absolute atomic E-state index is 0.0134. The molecule has 6 nitrogen and oxygen atoms in total. The van der Waals surface area contributed by atoms with E-state index in [0.717, 1.165) is 23.8 Å². The summed E-state index contributed by atoms with van der Waals surface area (Å²) >= 11 is 0. The molecule has 1 fully saturated rings. The van der Waals surface area contributed by atoms with E-state index >= 15 is 8.78 Å². The lowest BCUT2D eigenvalue weighted by Gasteiger charge is -2.32.